The molecule has 13 heteroatoms. The van der Waals surface area contributed by atoms with Gasteiger partial charge in [0.05, 0.1) is 29.0 Å². The number of pyridine rings is 2. The second kappa shape index (κ2) is 11.2. The van der Waals surface area contributed by atoms with Crippen LogP contribution in [0.15, 0.2) is 23.0 Å². The van der Waals surface area contributed by atoms with Gasteiger partial charge in [0.2, 0.25) is 6.79 Å². The van der Waals surface area contributed by atoms with Crippen molar-refractivity contribution in [2.75, 3.05) is 46.1 Å². The average Bonchev–Trinajstić information content (AvgIpc) is 3.62. The lowest BCUT2D eigenvalue weighted by Gasteiger charge is -2.35. The van der Waals surface area contributed by atoms with Crippen molar-refractivity contribution in [1.29, 1.82) is 0 Å². The van der Waals surface area contributed by atoms with Crippen molar-refractivity contribution in [3.8, 4) is 22.9 Å². The number of nitrogens with one attached hydrogen (secondary N) is 1. The number of cyclic esters (lactones) is 1. The SMILES string of the molecule is CC[C@@]1(O)C(=O)OCc2c1cc1n(c2=O)Cc2c-1nc1cc3c(cc1c2CN1CCN(CCNC(=O)OC(C)(C)C)CC1)OCO3. The standard InChI is InChI=1S/C33H39N5O8/c1-5-33(42)23-13-25-28-21(16-38(25)29(39)22(23)17-43-30(33)40)20(19-12-26-27(45-18-44-26)14-24(19)35-28)15-37-10-8-36(9-11-37)7-6-34-31(41)46-32(2,3)4/h12-14,42H,5-11,15-18H2,1-4H3,(H,34,41)/t33-/m0/s1. The van der Waals surface area contributed by atoms with E-state index in [0.717, 1.165) is 49.2 Å². The van der Waals surface area contributed by atoms with Gasteiger partial charge in [-0.1, -0.05) is 6.92 Å². The Morgan fingerprint density at radius 2 is 1.76 bits per heavy atom. The number of hydrogen-bond acceptors (Lipinski definition) is 11. The van der Waals surface area contributed by atoms with Gasteiger partial charge in [-0.3, -0.25) is 14.6 Å². The molecule has 0 spiro atoms. The number of benzene rings is 1. The van der Waals surface area contributed by atoms with Crippen LogP contribution in [0.3, 0.4) is 0 Å². The molecule has 0 unspecified atom stereocenters. The minimum Gasteiger partial charge on any atom is -0.458 e. The summed E-state index contributed by atoms with van der Waals surface area (Å²) < 4.78 is 23.6. The summed E-state index contributed by atoms with van der Waals surface area (Å²) in [4.78, 5) is 48.2. The molecule has 46 heavy (non-hydrogen) atoms. The molecule has 0 aliphatic carbocycles. The molecule has 3 aromatic rings. The van der Waals surface area contributed by atoms with E-state index in [1.807, 2.05) is 32.9 Å². The van der Waals surface area contributed by atoms with Crippen LogP contribution in [0.25, 0.3) is 22.3 Å². The Morgan fingerprint density at radius 1 is 1.04 bits per heavy atom. The molecule has 4 aliphatic rings. The largest absolute Gasteiger partial charge is 0.458 e. The van der Waals surface area contributed by atoms with E-state index >= 15 is 0 Å². The molecule has 0 saturated carbocycles. The predicted octanol–water partition coefficient (Wildman–Crippen LogP) is 2.45. The van der Waals surface area contributed by atoms with Gasteiger partial charge in [-0.25, -0.2) is 14.6 Å². The average molecular weight is 634 g/mol. The third-order valence-electron chi connectivity index (χ3n) is 9.24. The fraction of sp³-hybridized carbons (Fsp3) is 0.515. The van der Waals surface area contributed by atoms with Crippen molar-refractivity contribution in [2.45, 2.75) is 65.0 Å². The van der Waals surface area contributed by atoms with Crippen molar-refractivity contribution in [1.82, 2.24) is 24.7 Å². The van der Waals surface area contributed by atoms with E-state index < -0.39 is 23.3 Å². The number of piperazine rings is 1. The summed E-state index contributed by atoms with van der Waals surface area (Å²) in [5, 5.41) is 15.1. The Morgan fingerprint density at radius 3 is 2.48 bits per heavy atom. The van der Waals surface area contributed by atoms with Crippen LogP contribution in [0.4, 0.5) is 4.79 Å². The number of aromatic nitrogens is 2. The Hall–Kier alpha value is -4.20. The van der Waals surface area contributed by atoms with Crippen LogP contribution in [-0.4, -0.2) is 88.2 Å². The van der Waals surface area contributed by atoms with Gasteiger partial charge in [0.25, 0.3) is 5.56 Å². The zero-order valence-corrected chi connectivity index (χ0v) is 26.6. The summed E-state index contributed by atoms with van der Waals surface area (Å²) >= 11 is 0. The first-order valence-electron chi connectivity index (χ1n) is 15.8. The summed E-state index contributed by atoms with van der Waals surface area (Å²) in [6.45, 7) is 12.7. The van der Waals surface area contributed by atoms with Gasteiger partial charge in [-0.2, -0.15) is 0 Å². The van der Waals surface area contributed by atoms with Crippen molar-refractivity contribution in [3.63, 3.8) is 0 Å². The van der Waals surface area contributed by atoms with Gasteiger partial charge in [-0.05, 0) is 44.9 Å². The topological polar surface area (TPSA) is 145 Å². The second-order valence-corrected chi connectivity index (χ2v) is 13.3. The van der Waals surface area contributed by atoms with Crippen molar-refractivity contribution < 1.29 is 33.6 Å². The second-order valence-electron chi connectivity index (χ2n) is 13.3. The zero-order chi connectivity index (χ0) is 32.4. The first-order chi connectivity index (χ1) is 21.9. The number of aliphatic hydroxyl groups is 1. The number of ether oxygens (including phenoxy) is 4. The number of alkyl carbamates (subject to hydrolysis) is 1. The molecule has 7 rings (SSSR count). The van der Waals surface area contributed by atoms with Crippen LogP contribution in [0.5, 0.6) is 11.5 Å². The molecule has 244 valence electrons. The van der Waals surface area contributed by atoms with Gasteiger partial charge in [0, 0.05) is 68.4 Å². The smallest absolute Gasteiger partial charge is 0.407 e. The fourth-order valence-electron chi connectivity index (χ4n) is 6.76. The highest BCUT2D eigenvalue weighted by Crippen LogP contribution is 2.43. The van der Waals surface area contributed by atoms with Gasteiger partial charge in [0.15, 0.2) is 17.1 Å². The lowest BCUT2D eigenvalue weighted by Crippen LogP contribution is -2.48. The van der Waals surface area contributed by atoms with Crippen molar-refractivity contribution in [2.24, 2.45) is 0 Å². The van der Waals surface area contributed by atoms with E-state index in [2.05, 4.69) is 15.1 Å². The third kappa shape index (κ3) is 5.25. The maximum Gasteiger partial charge on any atom is 0.407 e. The zero-order valence-electron chi connectivity index (χ0n) is 26.6. The van der Waals surface area contributed by atoms with E-state index in [0.29, 0.717) is 59.2 Å². The molecule has 1 atom stereocenters. The molecule has 1 amide bonds. The molecule has 1 fully saturated rings. The number of amides is 1. The molecule has 6 heterocycles. The minimum absolute atomic E-state index is 0.0809. The fourth-order valence-corrected chi connectivity index (χ4v) is 6.76. The summed E-state index contributed by atoms with van der Waals surface area (Å²) in [6.07, 6.45) is -0.331. The predicted molar refractivity (Wildman–Crippen MR) is 167 cm³/mol. The molecule has 2 aromatic heterocycles. The lowest BCUT2D eigenvalue weighted by atomic mass is 9.86. The quantitative estimate of drug-likeness (QED) is 0.302. The normalized spacial score (nSPS) is 20.7. The van der Waals surface area contributed by atoms with E-state index in [-0.39, 0.29) is 25.4 Å². The Balaban J connectivity index is 1.18. The van der Waals surface area contributed by atoms with Crippen LogP contribution in [-0.2, 0) is 39.6 Å². The number of esters is 1. The molecular weight excluding hydrogens is 594 g/mol. The maximum absolute atomic E-state index is 13.8. The maximum atomic E-state index is 13.8. The van der Waals surface area contributed by atoms with Gasteiger partial charge >= 0.3 is 12.1 Å². The number of carbonyl (C=O) groups is 2. The van der Waals surface area contributed by atoms with Crippen LogP contribution < -0.4 is 20.3 Å². The van der Waals surface area contributed by atoms with E-state index in [1.165, 1.54) is 0 Å². The van der Waals surface area contributed by atoms with Crippen LogP contribution in [0.2, 0.25) is 0 Å². The molecule has 0 bridgehead atoms. The van der Waals surface area contributed by atoms with Crippen molar-refractivity contribution >= 4 is 23.0 Å². The number of carbonyl (C=O) groups excluding carboxylic acids is 2. The van der Waals surface area contributed by atoms with E-state index in [4.69, 9.17) is 23.9 Å². The first-order valence-corrected chi connectivity index (χ1v) is 15.8. The van der Waals surface area contributed by atoms with Gasteiger partial charge in [0.1, 0.15) is 12.2 Å². The molecule has 4 aliphatic heterocycles. The highest BCUT2D eigenvalue weighted by atomic mass is 16.7. The third-order valence-corrected chi connectivity index (χ3v) is 9.24. The summed E-state index contributed by atoms with van der Waals surface area (Å²) in [5.41, 5.74) is 1.81. The first kappa shape index (κ1) is 30.5. The molecular formula is C33H39N5O8. The van der Waals surface area contributed by atoms with E-state index in [1.54, 1.807) is 17.6 Å². The van der Waals surface area contributed by atoms with Crippen LogP contribution >= 0.6 is 0 Å². The minimum atomic E-state index is -1.89. The molecule has 1 aromatic carbocycles. The Bertz CT molecular complexity index is 1810. The van der Waals surface area contributed by atoms with Crippen LogP contribution in [0.1, 0.15) is 56.4 Å². The van der Waals surface area contributed by atoms with E-state index in [9.17, 15) is 19.5 Å². The molecule has 13 nitrogen and oxygen atoms in total. The highest BCUT2D eigenvalue weighted by Gasteiger charge is 2.45. The summed E-state index contributed by atoms with van der Waals surface area (Å²) in [7, 11) is 0. The Kier molecular flexibility index (Phi) is 7.45. The number of rotatable bonds is 6. The van der Waals surface area contributed by atoms with Gasteiger partial charge in [-0.15, -0.1) is 0 Å². The lowest BCUT2D eigenvalue weighted by molar-refractivity contribution is -0.172. The molecule has 2 N–H and O–H groups in total. The highest BCUT2D eigenvalue weighted by molar-refractivity contribution is 5.91. The van der Waals surface area contributed by atoms with Crippen LogP contribution in [0, 0.1) is 0 Å². The van der Waals surface area contributed by atoms with Crippen molar-refractivity contribution in [3.05, 3.63) is 50.8 Å². The Labute approximate surface area is 266 Å². The monoisotopic (exact) mass is 633 g/mol. The number of hydrogen-bond donors (Lipinski definition) is 2. The number of nitrogens with zero attached hydrogens (tertiary/aromatic N) is 4. The molecule has 0 radical (unpaired) electrons. The molecule has 1 saturated heterocycles. The number of fused-ring (bicyclic) bond motifs is 6. The summed E-state index contributed by atoms with van der Waals surface area (Å²) in [5.74, 6) is 0.526. The van der Waals surface area contributed by atoms with Gasteiger partial charge < -0.3 is 33.9 Å². The summed E-state index contributed by atoms with van der Waals surface area (Å²) in [6, 6.07) is 5.58.